The molecule has 37 heavy (non-hydrogen) atoms. The molecule has 0 saturated carbocycles. The van der Waals surface area contributed by atoms with Crippen LogP contribution in [0.4, 0.5) is 0 Å². The first kappa shape index (κ1) is 21.7. The molecule has 1 aromatic heterocycles. The molecule has 1 aliphatic rings. The smallest absolute Gasteiger partial charge is 0.113 e. The number of hydrogen-bond donors (Lipinski definition) is 2. The standard InChI is InChI=1S/C33H26N4/c34-31(32(24-11-3-1-4-12-24)37-33(35-37)25-13-5-2-6-14-25)23-19-21-26(22-20-23)36-29-17-9-7-15-27(29)28-16-8-10-18-30(28)36/h1-22,32-35H/t32-,33?,37?/m1/s1. The Morgan fingerprint density at radius 2 is 1.16 bits per heavy atom. The van der Waals surface area contributed by atoms with Crippen molar-refractivity contribution in [1.29, 1.82) is 5.41 Å². The van der Waals surface area contributed by atoms with Crippen LogP contribution in [0.3, 0.4) is 0 Å². The summed E-state index contributed by atoms with van der Waals surface area (Å²) < 4.78 is 2.31. The molecule has 0 bridgehead atoms. The zero-order chi connectivity index (χ0) is 24.8. The molecular weight excluding hydrogens is 452 g/mol. The number of nitrogens with zero attached hydrogens (tertiary/aromatic N) is 2. The van der Waals surface area contributed by atoms with Gasteiger partial charge in [-0.2, -0.15) is 0 Å². The van der Waals surface area contributed by atoms with E-state index >= 15 is 0 Å². The maximum Gasteiger partial charge on any atom is 0.113 e. The van der Waals surface area contributed by atoms with Crippen molar-refractivity contribution in [3.05, 3.63) is 150 Å². The molecule has 1 aliphatic heterocycles. The molecule has 3 atom stereocenters. The maximum absolute atomic E-state index is 9.27. The molecule has 1 saturated heterocycles. The van der Waals surface area contributed by atoms with Crippen LogP contribution in [0.5, 0.6) is 0 Å². The van der Waals surface area contributed by atoms with Gasteiger partial charge < -0.3 is 9.98 Å². The predicted octanol–water partition coefficient (Wildman–Crippen LogP) is 7.41. The van der Waals surface area contributed by atoms with Gasteiger partial charge >= 0.3 is 0 Å². The normalized spacial score (nSPS) is 17.6. The van der Waals surface area contributed by atoms with Gasteiger partial charge in [0.15, 0.2) is 0 Å². The van der Waals surface area contributed by atoms with Crippen LogP contribution in [0, 0.1) is 5.41 Å². The third-order valence-corrected chi connectivity index (χ3v) is 7.28. The van der Waals surface area contributed by atoms with Gasteiger partial charge in [-0.15, -0.1) is 0 Å². The van der Waals surface area contributed by atoms with Crippen molar-refractivity contribution in [2.24, 2.45) is 0 Å². The van der Waals surface area contributed by atoms with Gasteiger partial charge in [0.25, 0.3) is 0 Å². The second kappa shape index (κ2) is 8.86. The highest BCUT2D eigenvalue weighted by Crippen LogP contribution is 2.39. The summed E-state index contributed by atoms with van der Waals surface area (Å²) in [7, 11) is 0. The predicted molar refractivity (Wildman–Crippen MR) is 151 cm³/mol. The number of hydrogen-bond acceptors (Lipinski definition) is 3. The minimum atomic E-state index is -0.189. The van der Waals surface area contributed by atoms with E-state index in [1.807, 2.05) is 24.3 Å². The molecule has 7 rings (SSSR count). The van der Waals surface area contributed by atoms with Gasteiger partial charge in [0.1, 0.15) is 6.17 Å². The van der Waals surface area contributed by atoms with E-state index < -0.39 is 0 Å². The molecule has 5 aromatic carbocycles. The Labute approximate surface area is 215 Å². The zero-order valence-electron chi connectivity index (χ0n) is 20.3. The Morgan fingerprint density at radius 3 is 1.78 bits per heavy atom. The largest absolute Gasteiger partial charge is 0.309 e. The first-order valence-corrected chi connectivity index (χ1v) is 12.6. The summed E-state index contributed by atoms with van der Waals surface area (Å²) in [6, 6.07) is 46.1. The molecule has 2 N–H and O–H groups in total. The van der Waals surface area contributed by atoms with Gasteiger partial charge in [-0.3, -0.25) is 0 Å². The van der Waals surface area contributed by atoms with Gasteiger partial charge in [0, 0.05) is 16.5 Å². The number of benzene rings is 5. The minimum absolute atomic E-state index is 0.101. The fourth-order valence-electron chi connectivity index (χ4n) is 5.45. The lowest BCUT2D eigenvalue weighted by Gasteiger charge is -2.20. The molecule has 2 unspecified atom stereocenters. The number of aromatic nitrogens is 1. The van der Waals surface area contributed by atoms with Crippen LogP contribution in [-0.4, -0.2) is 15.3 Å². The van der Waals surface area contributed by atoms with E-state index in [0.717, 1.165) is 16.8 Å². The van der Waals surface area contributed by atoms with E-state index in [1.165, 1.54) is 27.4 Å². The Kier molecular flexibility index (Phi) is 5.21. The minimum Gasteiger partial charge on any atom is -0.309 e. The molecule has 4 heteroatoms. The average molecular weight is 479 g/mol. The van der Waals surface area contributed by atoms with Crippen molar-refractivity contribution in [3.63, 3.8) is 0 Å². The van der Waals surface area contributed by atoms with Crippen LogP contribution >= 0.6 is 0 Å². The van der Waals surface area contributed by atoms with E-state index in [0.29, 0.717) is 5.71 Å². The summed E-state index contributed by atoms with van der Waals surface area (Å²) in [4.78, 5) is 0. The van der Waals surface area contributed by atoms with Crippen molar-refractivity contribution >= 4 is 27.5 Å². The topological polar surface area (TPSA) is 53.7 Å². The summed E-state index contributed by atoms with van der Waals surface area (Å²) in [5.74, 6) is 0. The highest BCUT2D eigenvalue weighted by atomic mass is 15.8. The second-order valence-electron chi connectivity index (χ2n) is 9.49. The highest BCUT2D eigenvalue weighted by Gasteiger charge is 2.43. The number of nitrogens with one attached hydrogen (secondary N) is 2. The average Bonchev–Trinajstić information content (AvgIpc) is 3.68. The first-order valence-electron chi connectivity index (χ1n) is 12.6. The van der Waals surface area contributed by atoms with E-state index in [9.17, 15) is 5.41 Å². The molecule has 6 aromatic rings. The highest BCUT2D eigenvalue weighted by molar-refractivity contribution is 6.09. The molecule has 0 radical (unpaired) electrons. The van der Waals surface area contributed by atoms with Crippen molar-refractivity contribution < 1.29 is 0 Å². The first-order chi connectivity index (χ1) is 18.3. The third kappa shape index (κ3) is 3.75. The van der Waals surface area contributed by atoms with E-state index in [2.05, 4.69) is 124 Å². The van der Waals surface area contributed by atoms with Crippen LogP contribution < -0.4 is 5.43 Å². The third-order valence-electron chi connectivity index (χ3n) is 7.28. The zero-order valence-corrected chi connectivity index (χ0v) is 20.3. The van der Waals surface area contributed by atoms with Crippen molar-refractivity contribution in [2.45, 2.75) is 12.2 Å². The Balaban J connectivity index is 1.26. The number of hydrazine groups is 1. The SMILES string of the molecule is N=C(c1ccc(-n2c3ccccc3c3ccccc32)cc1)[C@@H](c1ccccc1)N1NC1c1ccccc1. The summed E-state index contributed by atoms with van der Waals surface area (Å²) >= 11 is 0. The van der Waals surface area contributed by atoms with Crippen LogP contribution in [0.15, 0.2) is 133 Å². The van der Waals surface area contributed by atoms with Crippen LogP contribution in [-0.2, 0) is 0 Å². The van der Waals surface area contributed by atoms with E-state index in [1.54, 1.807) is 0 Å². The quantitative estimate of drug-likeness (QED) is 0.193. The molecule has 178 valence electrons. The van der Waals surface area contributed by atoms with Gasteiger partial charge in [-0.25, -0.2) is 10.4 Å². The lowest BCUT2D eigenvalue weighted by Crippen LogP contribution is -2.22. The lowest BCUT2D eigenvalue weighted by atomic mass is 9.96. The van der Waals surface area contributed by atoms with Gasteiger partial charge in [0.2, 0.25) is 0 Å². The molecule has 1 fully saturated rings. The summed E-state index contributed by atoms with van der Waals surface area (Å²) in [5.41, 5.74) is 10.8. The fourth-order valence-corrected chi connectivity index (χ4v) is 5.45. The maximum atomic E-state index is 9.27. The van der Waals surface area contributed by atoms with Crippen molar-refractivity contribution in [2.75, 3.05) is 0 Å². The van der Waals surface area contributed by atoms with Crippen LogP contribution in [0.25, 0.3) is 27.5 Å². The lowest BCUT2D eigenvalue weighted by molar-refractivity contribution is 0.440. The van der Waals surface area contributed by atoms with Crippen molar-refractivity contribution in [1.82, 2.24) is 15.0 Å². The molecule has 2 heterocycles. The molecular formula is C33H26N4. The summed E-state index contributed by atoms with van der Waals surface area (Å²) in [6.45, 7) is 0. The number of para-hydroxylation sites is 2. The van der Waals surface area contributed by atoms with Crippen molar-refractivity contribution in [3.8, 4) is 5.69 Å². The Morgan fingerprint density at radius 1 is 0.622 bits per heavy atom. The Bertz CT molecular complexity index is 1670. The van der Waals surface area contributed by atoms with Crippen LogP contribution in [0.2, 0.25) is 0 Å². The van der Waals surface area contributed by atoms with E-state index in [-0.39, 0.29) is 12.2 Å². The van der Waals surface area contributed by atoms with Crippen LogP contribution in [0.1, 0.15) is 28.9 Å². The second-order valence-corrected chi connectivity index (χ2v) is 9.49. The fraction of sp³-hybridized carbons (Fsp3) is 0.0606. The molecule has 4 nitrogen and oxygen atoms in total. The monoisotopic (exact) mass is 478 g/mol. The van der Waals surface area contributed by atoms with E-state index in [4.69, 9.17) is 0 Å². The number of rotatable bonds is 6. The molecule has 0 amide bonds. The number of fused-ring (bicyclic) bond motifs is 3. The summed E-state index contributed by atoms with van der Waals surface area (Å²) in [5, 5.41) is 13.9. The van der Waals surface area contributed by atoms with Gasteiger partial charge in [-0.1, -0.05) is 109 Å². The summed E-state index contributed by atoms with van der Waals surface area (Å²) in [6.07, 6.45) is 0.101. The molecule has 0 spiro atoms. The van der Waals surface area contributed by atoms with Gasteiger partial charge in [0.05, 0.1) is 22.8 Å². The Hall–Kier alpha value is -4.51. The van der Waals surface area contributed by atoms with Gasteiger partial charge in [-0.05, 0) is 41.0 Å². The molecule has 0 aliphatic carbocycles.